The molecule has 4 nitrogen and oxygen atoms in total. The Balaban J connectivity index is 2.04. The smallest absolute Gasteiger partial charge is 0.161 e. The molecule has 0 fully saturated rings. The molecule has 1 unspecified atom stereocenters. The molecule has 2 aromatic rings. The van der Waals surface area contributed by atoms with Crippen molar-refractivity contribution in [3.63, 3.8) is 0 Å². The van der Waals surface area contributed by atoms with E-state index in [1.54, 1.807) is 21.3 Å². The van der Waals surface area contributed by atoms with Crippen LogP contribution in [0.15, 0.2) is 24.3 Å². The monoisotopic (exact) mass is 382 g/mol. The molecule has 0 heterocycles. The molecule has 1 spiro atoms. The molecule has 4 heteroatoms. The molecule has 4 rings (SSSR count). The summed E-state index contributed by atoms with van der Waals surface area (Å²) in [4.78, 5) is 0. The molecular weight excluding hydrogens is 352 g/mol. The Bertz CT molecular complexity index is 958. The van der Waals surface area contributed by atoms with E-state index >= 15 is 0 Å². The number of rotatable bonds is 3. The summed E-state index contributed by atoms with van der Waals surface area (Å²) in [5.41, 5.74) is 4.87. The van der Waals surface area contributed by atoms with Gasteiger partial charge < -0.3 is 19.3 Å². The van der Waals surface area contributed by atoms with E-state index in [0.29, 0.717) is 5.75 Å². The van der Waals surface area contributed by atoms with Crippen LogP contribution in [-0.4, -0.2) is 26.4 Å². The minimum Gasteiger partial charge on any atom is -0.504 e. The van der Waals surface area contributed by atoms with Crippen molar-refractivity contribution in [2.75, 3.05) is 21.3 Å². The first kappa shape index (κ1) is 19.0. The third-order valence-corrected chi connectivity index (χ3v) is 6.82. The molecular formula is C24H30O4. The molecule has 0 amide bonds. The van der Waals surface area contributed by atoms with Crippen molar-refractivity contribution in [1.29, 1.82) is 0 Å². The number of hydrogen-bond donors (Lipinski definition) is 1. The number of phenolic OH excluding ortho intramolecular Hbond substituents is 1. The maximum Gasteiger partial charge on any atom is 0.161 e. The van der Waals surface area contributed by atoms with Gasteiger partial charge in [0.15, 0.2) is 23.0 Å². The average molecular weight is 383 g/mol. The summed E-state index contributed by atoms with van der Waals surface area (Å²) in [5.74, 6) is 2.26. The van der Waals surface area contributed by atoms with Crippen LogP contribution >= 0.6 is 0 Å². The number of benzene rings is 2. The second-order valence-electron chi connectivity index (χ2n) is 9.53. The van der Waals surface area contributed by atoms with Crippen molar-refractivity contribution in [2.45, 2.75) is 56.8 Å². The van der Waals surface area contributed by atoms with Gasteiger partial charge in [0.25, 0.3) is 0 Å². The van der Waals surface area contributed by atoms with Crippen LogP contribution in [-0.2, 0) is 16.2 Å². The Kier molecular flexibility index (Phi) is 3.94. The molecule has 0 saturated heterocycles. The van der Waals surface area contributed by atoms with Crippen molar-refractivity contribution < 1.29 is 19.3 Å². The molecule has 0 aliphatic heterocycles. The van der Waals surface area contributed by atoms with Crippen molar-refractivity contribution in [3.8, 4) is 23.0 Å². The third-order valence-electron chi connectivity index (χ3n) is 6.82. The summed E-state index contributed by atoms with van der Waals surface area (Å²) in [6.07, 6.45) is 1.98. The standard InChI is InChI=1S/C24H30O4/c1-22(2)12-24(16-10-19(26-5)18(25)8-14(16)22)13-23(3,4)15-9-20(27-6)21(28-7)11-17(15)24/h8-11,25H,12-13H2,1-7H3. The van der Waals surface area contributed by atoms with Gasteiger partial charge >= 0.3 is 0 Å². The largest absolute Gasteiger partial charge is 0.504 e. The van der Waals surface area contributed by atoms with Crippen molar-refractivity contribution in [1.82, 2.24) is 0 Å². The van der Waals surface area contributed by atoms with Gasteiger partial charge in [0.2, 0.25) is 0 Å². The number of phenols is 1. The summed E-state index contributed by atoms with van der Waals surface area (Å²) >= 11 is 0. The summed E-state index contributed by atoms with van der Waals surface area (Å²) in [7, 11) is 4.98. The van der Waals surface area contributed by atoms with Gasteiger partial charge in [-0.3, -0.25) is 0 Å². The van der Waals surface area contributed by atoms with E-state index in [2.05, 4.69) is 39.8 Å². The van der Waals surface area contributed by atoms with E-state index in [-0.39, 0.29) is 22.0 Å². The zero-order valence-corrected chi connectivity index (χ0v) is 17.9. The highest BCUT2D eigenvalue weighted by Gasteiger charge is 2.57. The van der Waals surface area contributed by atoms with Crippen molar-refractivity contribution >= 4 is 0 Å². The lowest BCUT2D eigenvalue weighted by Crippen LogP contribution is -2.27. The number of ether oxygens (including phenoxy) is 3. The molecule has 28 heavy (non-hydrogen) atoms. The van der Waals surface area contributed by atoms with Gasteiger partial charge in [0.05, 0.1) is 21.3 Å². The molecule has 1 atom stereocenters. The number of fused-ring (bicyclic) bond motifs is 4. The van der Waals surface area contributed by atoms with Crippen LogP contribution in [0, 0.1) is 0 Å². The number of methoxy groups -OCH3 is 3. The van der Waals surface area contributed by atoms with Gasteiger partial charge in [0, 0.05) is 5.41 Å². The van der Waals surface area contributed by atoms with Gasteiger partial charge in [-0.1, -0.05) is 27.7 Å². The second-order valence-corrected chi connectivity index (χ2v) is 9.53. The van der Waals surface area contributed by atoms with E-state index in [0.717, 1.165) is 24.3 Å². The molecule has 2 aliphatic rings. The predicted molar refractivity (Wildman–Crippen MR) is 110 cm³/mol. The zero-order valence-electron chi connectivity index (χ0n) is 17.9. The molecule has 0 saturated carbocycles. The van der Waals surface area contributed by atoms with Crippen LogP contribution in [0.1, 0.15) is 62.8 Å². The highest BCUT2D eigenvalue weighted by Crippen LogP contribution is 2.64. The lowest BCUT2D eigenvalue weighted by molar-refractivity contribution is 0.347. The van der Waals surface area contributed by atoms with Gasteiger partial charge in [0.1, 0.15) is 0 Å². The maximum atomic E-state index is 10.4. The Morgan fingerprint density at radius 2 is 1.04 bits per heavy atom. The fourth-order valence-electron chi connectivity index (χ4n) is 5.81. The van der Waals surface area contributed by atoms with E-state index in [4.69, 9.17) is 14.2 Å². The maximum absolute atomic E-state index is 10.4. The van der Waals surface area contributed by atoms with Crippen LogP contribution in [0.4, 0.5) is 0 Å². The minimum atomic E-state index is -0.141. The van der Waals surface area contributed by atoms with Gasteiger partial charge in [-0.15, -0.1) is 0 Å². The van der Waals surface area contributed by atoms with Gasteiger partial charge in [-0.25, -0.2) is 0 Å². The van der Waals surface area contributed by atoms with Crippen LogP contribution in [0.25, 0.3) is 0 Å². The molecule has 0 aromatic heterocycles. The number of hydrogen-bond acceptors (Lipinski definition) is 4. The normalized spacial score (nSPS) is 23.4. The SMILES string of the molecule is COc1cc2c(cc1O)C(C)(C)CC21CC(C)(C)c2cc(OC)c(OC)cc21. The highest BCUT2D eigenvalue weighted by atomic mass is 16.5. The molecule has 1 N–H and O–H groups in total. The lowest BCUT2D eigenvalue weighted by atomic mass is 9.72. The topological polar surface area (TPSA) is 47.9 Å². The fourth-order valence-corrected chi connectivity index (χ4v) is 5.81. The van der Waals surface area contributed by atoms with Crippen molar-refractivity contribution in [2.24, 2.45) is 0 Å². The van der Waals surface area contributed by atoms with E-state index in [1.165, 1.54) is 22.3 Å². The molecule has 0 bridgehead atoms. The van der Waals surface area contributed by atoms with E-state index < -0.39 is 0 Å². The lowest BCUT2D eigenvalue weighted by Gasteiger charge is -2.30. The Hall–Kier alpha value is -2.36. The van der Waals surface area contributed by atoms with Crippen LogP contribution in [0.2, 0.25) is 0 Å². The summed E-state index contributed by atoms with van der Waals surface area (Å²) in [5, 5.41) is 10.4. The predicted octanol–water partition coefficient (Wildman–Crippen LogP) is 5.07. The van der Waals surface area contributed by atoms with Crippen molar-refractivity contribution in [3.05, 3.63) is 46.5 Å². The van der Waals surface area contributed by atoms with Crippen LogP contribution in [0.3, 0.4) is 0 Å². The summed E-state index contributed by atoms with van der Waals surface area (Å²) in [6, 6.07) is 8.24. The second kappa shape index (κ2) is 5.82. The van der Waals surface area contributed by atoms with Crippen LogP contribution < -0.4 is 14.2 Å². The zero-order chi connectivity index (χ0) is 20.5. The van der Waals surface area contributed by atoms with E-state index in [9.17, 15) is 5.11 Å². The first-order valence-electron chi connectivity index (χ1n) is 9.78. The molecule has 150 valence electrons. The summed E-state index contributed by atoms with van der Waals surface area (Å²) in [6.45, 7) is 9.13. The summed E-state index contributed by atoms with van der Waals surface area (Å²) < 4.78 is 16.7. The Labute approximate surface area is 167 Å². The molecule has 2 aliphatic carbocycles. The van der Waals surface area contributed by atoms with Crippen LogP contribution in [0.5, 0.6) is 23.0 Å². The Morgan fingerprint density at radius 1 is 0.643 bits per heavy atom. The highest BCUT2D eigenvalue weighted by molar-refractivity contribution is 5.65. The quantitative estimate of drug-likeness (QED) is 0.805. The first-order valence-corrected chi connectivity index (χ1v) is 9.78. The van der Waals surface area contributed by atoms with E-state index in [1.807, 2.05) is 12.1 Å². The van der Waals surface area contributed by atoms with Gasteiger partial charge in [-0.2, -0.15) is 0 Å². The first-order chi connectivity index (χ1) is 13.1. The number of aromatic hydroxyl groups is 1. The molecule has 2 aromatic carbocycles. The van der Waals surface area contributed by atoms with Gasteiger partial charge in [-0.05, 0) is 70.2 Å². The minimum absolute atomic E-state index is 0.00229. The fraction of sp³-hybridized carbons (Fsp3) is 0.500. The molecule has 0 radical (unpaired) electrons. The average Bonchev–Trinajstić information content (AvgIpc) is 2.99. The third kappa shape index (κ3) is 2.36. The Morgan fingerprint density at radius 3 is 1.50 bits per heavy atom.